The van der Waals surface area contributed by atoms with Gasteiger partial charge in [-0.25, -0.2) is 0 Å². The standard InChI is InChI=1S/C39H41F3N2O6.C3H8O/c1-4-6-14-32(27(3)29-16-18-31(19-17-29)39(40,41)42)36(47)43-33-20-15-28(23-34(33)44-21-10-11-22-44)24-35(46)50-26-38(25-45,37(48)49-5-2)30-12-8-7-9-13-30;1-3-4-2/h4,6-9,12-20,23,45H,1,5,10-11,21-22,24-26H2,2-3H3,(H,43,47);3H2,1-2H3/b14-6-,32-27-;. The first-order valence-corrected chi connectivity index (χ1v) is 17.7. The summed E-state index contributed by atoms with van der Waals surface area (Å²) in [6, 6.07) is 18.3. The van der Waals surface area contributed by atoms with E-state index in [1.165, 1.54) is 18.2 Å². The third kappa shape index (κ3) is 11.6. The second-order valence-corrected chi connectivity index (χ2v) is 12.4. The summed E-state index contributed by atoms with van der Waals surface area (Å²) < 4.78 is 54.8. The predicted octanol–water partition coefficient (Wildman–Crippen LogP) is 7.69. The van der Waals surface area contributed by atoms with Crippen molar-refractivity contribution in [1.82, 2.24) is 0 Å². The number of methoxy groups -OCH3 is 1. The fourth-order valence-corrected chi connectivity index (χ4v) is 5.71. The van der Waals surface area contributed by atoms with E-state index < -0.39 is 48.2 Å². The van der Waals surface area contributed by atoms with Crippen molar-refractivity contribution in [3.05, 3.63) is 125 Å². The van der Waals surface area contributed by atoms with E-state index in [2.05, 4.69) is 21.5 Å². The second-order valence-electron chi connectivity index (χ2n) is 12.4. The van der Waals surface area contributed by atoms with Gasteiger partial charge >= 0.3 is 18.1 Å². The first-order chi connectivity index (χ1) is 25.8. The number of alkyl halides is 3. The second kappa shape index (κ2) is 20.9. The molecule has 0 aliphatic carbocycles. The van der Waals surface area contributed by atoms with Crippen LogP contribution in [0.3, 0.4) is 0 Å². The van der Waals surface area contributed by atoms with Crippen molar-refractivity contribution < 1.29 is 46.9 Å². The molecule has 3 aromatic carbocycles. The third-order valence-electron chi connectivity index (χ3n) is 8.83. The summed E-state index contributed by atoms with van der Waals surface area (Å²) in [6.07, 6.45) is 1.87. The van der Waals surface area contributed by atoms with E-state index in [4.69, 9.17) is 9.47 Å². The molecule has 1 atom stereocenters. The van der Waals surface area contributed by atoms with Gasteiger partial charge in [0.25, 0.3) is 5.91 Å². The van der Waals surface area contributed by atoms with Crippen molar-refractivity contribution >= 4 is 34.8 Å². The average molecular weight is 751 g/mol. The highest BCUT2D eigenvalue weighted by molar-refractivity contribution is 6.12. The van der Waals surface area contributed by atoms with E-state index in [1.54, 1.807) is 81.6 Å². The normalized spacial score (nSPS) is 14.3. The molecular weight excluding hydrogens is 701 g/mol. The minimum Gasteiger partial charge on any atom is -0.465 e. The molecule has 290 valence electrons. The Morgan fingerprint density at radius 1 is 0.926 bits per heavy atom. The van der Waals surface area contributed by atoms with E-state index in [0.29, 0.717) is 33.6 Å². The van der Waals surface area contributed by atoms with E-state index in [9.17, 15) is 32.7 Å². The number of hydrogen-bond donors (Lipinski definition) is 2. The Balaban J connectivity index is 0.00000186. The Kier molecular flexibility index (Phi) is 16.7. The number of carbonyl (C=O) groups excluding carboxylic acids is 3. The maximum atomic E-state index is 13.7. The monoisotopic (exact) mass is 750 g/mol. The van der Waals surface area contributed by atoms with Crippen LogP contribution in [-0.2, 0) is 46.6 Å². The molecule has 0 saturated carbocycles. The number of rotatable bonds is 15. The van der Waals surface area contributed by atoms with Crippen LogP contribution in [0.2, 0.25) is 0 Å². The third-order valence-corrected chi connectivity index (χ3v) is 8.83. The fraction of sp³-hybridized carbons (Fsp3) is 0.357. The predicted molar refractivity (Wildman–Crippen MR) is 204 cm³/mol. The molecule has 0 bridgehead atoms. The lowest BCUT2D eigenvalue weighted by Crippen LogP contribution is -2.46. The van der Waals surface area contributed by atoms with Crippen LogP contribution in [0.15, 0.2) is 103 Å². The molecule has 54 heavy (non-hydrogen) atoms. The lowest BCUT2D eigenvalue weighted by Gasteiger charge is -2.29. The van der Waals surface area contributed by atoms with Crippen molar-refractivity contribution in [2.45, 2.75) is 51.6 Å². The maximum absolute atomic E-state index is 13.7. The van der Waals surface area contributed by atoms with E-state index in [1.807, 2.05) is 6.92 Å². The molecule has 1 saturated heterocycles. The summed E-state index contributed by atoms with van der Waals surface area (Å²) in [5.41, 5.74) is 1.01. The number of benzene rings is 3. The van der Waals surface area contributed by atoms with E-state index >= 15 is 0 Å². The molecule has 0 aromatic heterocycles. The summed E-state index contributed by atoms with van der Waals surface area (Å²) in [5, 5.41) is 13.3. The number of halogens is 3. The number of carbonyl (C=O) groups is 3. The number of amides is 1. The van der Waals surface area contributed by atoms with Gasteiger partial charge in [-0.05, 0) is 86.2 Å². The Hall–Kier alpha value is -5.20. The Morgan fingerprint density at radius 2 is 1.57 bits per heavy atom. The molecule has 2 N–H and O–H groups in total. The lowest BCUT2D eigenvalue weighted by atomic mass is 9.82. The number of aliphatic hydroxyl groups excluding tert-OH is 1. The number of hydrogen-bond acceptors (Lipinski definition) is 8. The van der Waals surface area contributed by atoms with Gasteiger partial charge in [-0.2, -0.15) is 13.2 Å². The van der Waals surface area contributed by atoms with Crippen LogP contribution in [0.5, 0.6) is 0 Å². The van der Waals surface area contributed by atoms with Crippen molar-refractivity contribution in [3.63, 3.8) is 0 Å². The van der Waals surface area contributed by atoms with Gasteiger partial charge in [0.15, 0.2) is 0 Å². The molecule has 1 amide bonds. The molecule has 0 spiro atoms. The van der Waals surface area contributed by atoms with Gasteiger partial charge in [0.2, 0.25) is 0 Å². The highest BCUT2D eigenvalue weighted by Crippen LogP contribution is 2.34. The molecule has 1 aliphatic rings. The Labute approximate surface area is 315 Å². The van der Waals surface area contributed by atoms with Crippen LogP contribution in [0.4, 0.5) is 24.5 Å². The molecule has 0 radical (unpaired) electrons. The van der Waals surface area contributed by atoms with E-state index in [0.717, 1.165) is 44.7 Å². The number of nitrogens with zero attached hydrogens (tertiary/aromatic N) is 1. The smallest absolute Gasteiger partial charge is 0.416 e. The molecule has 12 heteroatoms. The first kappa shape index (κ1) is 43.2. The zero-order valence-electron chi connectivity index (χ0n) is 31.2. The number of nitrogens with one attached hydrogen (secondary N) is 1. The van der Waals surface area contributed by atoms with Crippen LogP contribution in [0.25, 0.3) is 5.57 Å². The number of ether oxygens (including phenoxy) is 3. The van der Waals surface area contributed by atoms with Crippen LogP contribution >= 0.6 is 0 Å². The Morgan fingerprint density at radius 3 is 2.13 bits per heavy atom. The highest BCUT2D eigenvalue weighted by atomic mass is 19.4. The minimum absolute atomic E-state index is 0.0833. The fourth-order valence-electron chi connectivity index (χ4n) is 5.71. The number of anilines is 2. The zero-order valence-corrected chi connectivity index (χ0v) is 31.2. The summed E-state index contributed by atoms with van der Waals surface area (Å²) in [4.78, 5) is 42.0. The van der Waals surface area contributed by atoms with Crippen LogP contribution < -0.4 is 10.2 Å². The summed E-state index contributed by atoms with van der Waals surface area (Å²) in [6.45, 7) is 10.2. The molecule has 1 unspecified atom stereocenters. The van der Waals surface area contributed by atoms with Crippen molar-refractivity contribution in [3.8, 4) is 0 Å². The SMILES string of the molecule is C=C/C=C\C(C(=O)Nc1ccc(CC(=O)OCC(CO)(C(=O)OCC)c2ccccc2)cc1N1CCCC1)=C(/C)c1ccc(C(F)(F)F)cc1.CCOC. The van der Waals surface area contributed by atoms with Gasteiger partial charge in [0, 0.05) is 32.4 Å². The molecule has 1 heterocycles. The number of esters is 2. The van der Waals surface area contributed by atoms with E-state index in [-0.39, 0.29) is 18.6 Å². The van der Waals surface area contributed by atoms with Crippen LogP contribution in [-0.4, -0.2) is 69.6 Å². The van der Waals surface area contributed by atoms with Gasteiger partial charge in [-0.1, -0.05) is 67.3 Å². The summed E-state index contributed by atoms with van der Waals surface area (Å²) in [5.74, 6) is -1.81. The van der Waals surface area contributed by atoms with Crippen molar-refractivity contribution in [1.29, 1.82) is 0 Å². The topological polar surface area (TPSA) is 114 Å². The van der Waals surface area contributed by atoms with Gasteiger partial charge in [-0.3, -0.25) is 14.4 Å². The van der Waals surface area contributed by atoms with Gasteiger partial charge in [0.1, 0.15) is 12.0 Å². The molecule has 1 fully saturated rings. The average Bonchev–Trinajstić information content (AvgIpc) is 3.71. The maximum Gasteiger partial charge on any atom is 0.416 e. The summed E-state index contributed by atoms with van der Waals surface area (Å²) in [7, 11) is 1.68. The lowest BCUT2D eigenvalue weighted by molar-refractivity contribution is -0.159. The van der Waals surface area contributed by atoms with Gasteiger partial charge < -0.3 is 29.5 Å². The quantitative estimate of drug-likeness (QED) is 0.0924. The van der Waals surface area contributed by atoms with Crippen molar-refractivity contribution in [2.75, 3.05) is 56.8 Å². The van der Waals surface area contributed by atoms with Crippen molar-refractivity contribution in [2.24, 2.45) is 0 Å². The zero-order chi connectivity index (χ0) is 39.7. The van der Waals surface area contributed by atoms with Crippen LogP contribution in [0.1, 0.15) is 55.9 Å². The molecule has 9 nitrogen and oxygen atoms in total. The van der Waals surface area contributed by atoms with Gasteiger partial charge in [-0.15, -0.1) is 0 Å². The summed E-state index contributed by atoms with van der Waals surface area (Å²) >= 11 is 0. The Bertz CT molecular complexity index is 1760. The van der Waals surface area contributed by atoms with Crippen LogP contribution in [0, 0.1) is 0 Å². The molecular formula is C42H49F3N2O7. The molecule has 1 aliphatic heterocycles. The molecule has 3 aromatic rings. The minimum atomic E-state index is -4.48. The largest absolute Gasteiger partial charge is 0.465 e. The highest BCUT2D eigenvalue weighted by Gasteiger charge is 2.43. The number of aliphatic hydroxyl groups is 1. The number of allylic oxidation sites excluding steroid dienone is 3. The molecule has 4 rings (SSSR count). The first-order valence-electron chi connectivity index (χ1n) is 17.7. The van der Waals surface area contributed by atoms with Gasteiger partial charge in [0.05, 0.1) is 36.6 Å².